The highest BCUT2D eigenvalue weighted by Crippen LogP contribution is 2.34. The van der Waals surface area contributed by atoms with Crippen LogP contribution in [-0.4, -0.2) is 24.4 Å². The monoisotopic (exact) mass is 419 g/mol. The Bertz CT molecular complexity index is 1080. The van der Waals surface area contributed by atoms with Gasteiger partial charge in [0.2, 0.25) is 11.8 Å². The van der Waals surface area contributed by atoms with Gasteiger partial charge in [-0.25, -0.2) is 0 Å². The maximum Gasteiger partial charge on any atom is 0.248 e. The van der Waals surface area contributed by atoms with E-state index >= 15 is 0 Å². The van der Waals surface area contributed by atoms with Crippen molar-refractivity contribution in [2.24, 2.45) is 0 Å². The lowest BCUT2D eigenvalue weighted by Gasteiger charge is -2.27. The first-order valence-electron chi connectivity index (χ1n) is 9.78. The molecule has 3 aromatic rings. The number of aryl methyl sites for hydroxylation is 1. The van der Waals surface area contributed by atoms with Gasteiger partial charge in [-0.15, -0.1) is 0 Å². The highest BCUT2D eigenvalue weighted by atomic mass is 35.5. The number of halogens is 1. The van der Waals surface area contributed by atoms with E-state index in [1.807, 2.05) is 84.6 Å². The van der Waals surface area contributed by atoms with Crippen molar-refractivity contribution in [3.63, 3.8) is 0 Å². The van der Waals surface area contributed by atoms with Crippen molar-refractivity contribution < 1.29 is 9.59 Å². The SMILES string of the molecule is Cc1ccc(CC(=O)NC2CN(c3ccccc3)c3ccccc3NC2=O)c(Cl)c1. The van der Waals surface area contributed by atoms with E-state index in [2.05, 4.69) is 10.6 Å². The standard InChI is InChI=1S/C24H22ClN3O2/c1-16-11-12-17(19(25)13-16)14-23(29)26-21-15-28(18-7-3-2-4-8-18)22-10-6-5-9-20(22)27-24(21)30/h2-13,21H,14-15H2,1H3,(H,26,29)(H,27,30). The number of carbonyl (C=O) groups excluding carboxylic acids is 2. The molecule has 4 rings (SSSR count). The minimum atomic E-state index is -0.714. The summed E-state index contributed by atoms with van der Waals surface area (Å²) in [7, 11) is 0. The third-order valence-electron chi connectivity index (χ3n) is 5.10. The maximum atomic E-state index is 12.9. The number of nitrogens with zero attached hydrogens (tertiary/aromatic N) is 1. The molecule has 1 heterocycles. The van der Waals surface area contributed by atoms with Crippen molar-refractivity contribution in [1.29, 1.82) is 0 Å². The van der Waals surface area contributed by atoms with Crippen LogP contribution in [0.2, 0.25) is 5.02 Å². The van der Waals surface area contributed by atoms with Gasteiger partial charge in [0.1, 0.15) is 6.04 Å². The number of rotatable bonds is 4. The summed E-state index contributed by atoms with van der Waals surface area (Å²) < 4.78 is 0. The molecule has 6 heteroatoms. The highest BCUT2D eigenvalue weighted by molar-refractivity contribution is 6.31. The minimum Gasteiger partial charge on any atom is -0.342 e. The fraction of sp³-hybridized carbons (Fsp3) is 0.167. The Kier molecular flexibility index (Phi) is 5.72. The molecule has 3 aromatic carbocycles. The van der Waals surface area contributed by atoms with Gasteiger partial charge in [0.05, 0.1) is 24.3 Å². The smallest absolute Gasteiger partial charge is 0.248 e. The number of anilines is 3. The normalized spacial score (nSPS) is 15.7. The minimum absolute atomic E-state index is 0.112. The molecule has 1 unspecified atom stereocenters. The first kappa shape index (κ1) is 20.0. The van der Waals surface area contributed by atoms with Crippen molar-refractivity contribution in [1.82, 2.24) is 5.32 Å². The lowest BCUT2D eigenvalue weighted by Crippen LogP contribution is -2.48. The van der Waals surface area contributed by atoms with E-state index in [0.717, 1.165) is 22.5 Å². The molecule has 0 fully saturated rings. The van der Waals surface area contributed by atoms with Gasteiger partial charge in [-0.3, -0.25) is 9.59 Å². The first-order chi connectivity index (χ1) is 14.5. The second-order valence-corrected chi connectivity index (χ2v) is 7.75. The van der Waals surface area contributed by atoms with Crippen molar-refractivity contribution in [2.45, 2.75) is 19.4 Å². The maximum absolute atomic E-state index is 12.9. The topological polar surface area (TPSA) is 61.4 Å². The van der Waals surface area contributed by atoms with Gasteiger partial charge in [-0.05, 0) is 48.4 Å². The summed E-state index contributed by atoms with van der Waals surface area (Å²) in [5, 5.41) is 6.37. The van der Waals surface area contributed by atoms with Gasteiger partial charge in [-0.1, -0.05) is 54.1 Å². The van der Waals surface area contributed by atoms with E-state index in [1.54, 1.807) is 0 Å². The molecule has 0 saturated heterocycles. The quantitative estimate of drug-likeness (QED) is 0.656. The molecule has 1 atom stereocenters. The molecule has 1 aliphatic rings. The first-order valence-corrected chi connectivity index (χ1v) is 10.2. The van der Waals surface area contributed by atoms with Gasteiger partial charge in [-0.2, -0.15) is 0 Å². The molecular formula is C24H22ClN3O2. The third kappa shape index (κ3) is 4.31. The van der Waals surface area contributed by atoms with Crippen molar-refractivity contribution in [2.75, 3.05) is 16.8 Å². The van der Waals surface area contributed by atoms with Gasteiger partial charge < -0.3 is 15.5 Å². The molecular weight excluding hydrogens is 398 g/mol. The van der Waals surface area contributed by atoms with E-state index in [1.165, 1.54) is 0 Å². The van der Waals surface area contributed by atoms with E-state index in [9.17, 15) is 9.59 Å². The summed E-state index contributed by atoms with van der Waals surface area (Å²) in [5.74, 6) is -0.496. The number of hydrogen-bond acceptors (Lipinski definition) is 3. The highest BCUT2D eigenvalue weighted by Gasteiger charge is 2.30. The summed E-state index contributed by atoms with van der Waals surface area (Å²) in [6.45, 7) is 2.27. The lowest BCUT2D eigenvalue weighted by atomic mass is 10.1. The number of carbonyl (C=O) groups is 2. The van der Waals surface area contributed by atoms with Gasteiger partial charge in [0.15, 0.2) is 0 Å². The number of fused-ring (bicyclic) bond motifs is 1. The zero-order chi connectivity index (χ0) is 21.1. The fourth-order valence-corrected chi connectivity index (χ4v) is 3.88. The van der Waals surface area contributed by atoms with Crippen LogP contribution in [0.15, 0.2) is 72.8 Å². The Balaban J connectivity index is 1.58. The van der Waals surface area contributed by atoms with E-state index < -0.39 is 6.04 Å². The number of nitrogens with one attached hydrogen (secondary N) is 2. The van der Waals surface area contributed by atoms with Crippen LogP contribution in [-0.2, 0) is 16.0 Å². The third-order valence-corrected chi connectivity index (χ3v) is 5.45. The summed E-state index contributed by atoms with van der Waals surface area (Å²) in [6.07, 6.45) is 0.112. The van der Waals surface area contributed by atoms with Crippen molar-refractivity contribution >= 4 is 40.5 Å². The van der Waals surface area contributed by atoms with Crippen molar-refractivity contribution in [3.8, 4) is 0 Å². The Morgan fingerprint density at radius 3 is 2.60 bits per heavy atom. The molecule has 0 saturated carbocycles. The number of para-hydroxylation sites is 3. The van der Waals surface area contributed by atoms with Crippen LogP contribution in [0.4, 0.5) is 17.1 Å². The fourth-order valence-electron chi connectivity index (χ4n) is 3.58. The molecule has 152 valence electrons. The second kappa shape index (κ2) is 8.59. The van der Waals surface area contributed by atoms with Crippen LogP contribution < -0.4 is 15.5 Å². The Hall–Kier alpha value is -3.31. The van der Waals surface area contributed by atoms with Crippen LogP contribution in [0.5, 0.6) is 0 Å². The van der Waals surface area contributed by atoms with Crippen LogP contribution in [0.25, 0.3) is 0 Å². The van der Waals surface area contributed by atoms with E-state index in [4.69, 9.17) is 11.6 Å². The molecule has 30 heavy (non-hydrogen) atoms. The van der Waals surface area contributed by atoms with Gasteiger partial charge in [0, 0.05) is 10.7 Å². The number of amides is 2. The molecule has 5 nitrogen and oxygen atoms in total. The van der Waals surface area contributed by atoms with Crippen molar-refractivity contribution in [3.05, 3.63) is 88.9 Å². The van der Waals surface area contributed by atoms with E-state index in [0.29, 0.717) is 17.3 Å². The Labute approximate surface area is 180 Å². The molecule has 0 radical (unpaired) electrons. The molecule has 0 aromatic heterocycles. The molecule has 1 aliphatic heterocycles. The number of hydrogen-bond donors (Lipinski definition) is 2. The summed E-state index contributed by atoms with van der Waals surface area (Å²) in [6, 6.07) is 22.3. The lowest BCUT2D eigenvalue weighted by molar-refractivity contribution is -0.125. The summed E-state index contributed by atoms with van der Waals surface area (Å²) in [4.78, 5) is 27.6. The van der Waals surface area contributed by atoms with Crippen LogP contribution in [0.3, 0.4) is 0 Å². The predicted molar refractivity (Wildman–Crippen MR) is 120 cm³/mol. The van der Waals surface area contributed by atoms with Gasteiger partial charge >= 0.3 is 0 Å². The van der Waals surface area contributed by atoms with E-state index in [-0.39, 0.29) is 18.2 Å². The summed E-state index contributed by atoms with van der Waals surface area (Å²) in [5.41, 5.74) is 4.31. The Morgan fingerprint density at radius 2 is 1.83 bits per heavy atom. The molecule has 0 spiro atoms. The zero-order valence-corrected chi connectivity index (χ0v) is 17.3. The molecule has 2 amide bonds. The molecule has 0 aliphatic carbocycles. The van der Waals surface area contributed by atoms with Crippen LogP contribution in [0, 0.1) is 6.92 Å². The number of benzene rings is 3. The van der Waals surface area contributed by atoms with Gasteiger partial charge in [0.25, 0.3) is 0 Å². The Morgan fingerprint density at radius 1 is 1.10 bits per heavy atom. The second-order valence-electron chi connectivity index (χ2n) is 7.34. The molecule has 0 bridgehead atoms. The average Bonchev–Trinajstić information content (AvgIpc) is 2.87. The van der Waals surface area contributed by atoms with Crippen LogP contribution >= 0.6 is 11.6 Å². The average molecular weight is 420 g/mol. The van der Waals surface area contributed by atoms with Crippen LogP contribution in [0.1, 0.15) is 11.1 Å². The predicted octanol–water partition coefficient (Wildman–Crippen LogP) is 4.47. The summed E-state index contributed by atoms with van der Waals surface area (Å²) >= 11 is 6.27. The molecule has 2 N–H and O–H groups in total. The largest absolute Gasteiger partial charge is 0.342 e. The zero-order valence-electron chi connectivity index (χ0n) is 16.6.